The van der Waals surface area contributed by atoms with Crippen molar-refractivity contribution in [3.8, 4) is 11.5 Å². The Labute approximate surface area is 171 Å². The second-order valence-electron chi connectivity index (χ2n) is 10.2. The molecule has 0 radical (unpaired) electrons. The molecular formula is C23H32O6. The zero-order valence-corrected chi connectivity index (χ0v) is 17.6. The lowest BCUT2D eigenvalue weighted by molar-refractivity contribution is -0.240. The van der Waals surface area contributed by atoms with Gasteiger partial charge in [0.05, 0.1) is 24.4 Å². The molecule has 2 fully saturated rings. The topological polar surface area (TPSA) is 107 Å². The second kappa shape index (κ2) is 6.43. The zero-order valence-electron chi connectivity index (χ0n) is 17.6. The van der Waals surface area contributed by atoms with Crippen LogP contribution < -0.4 is 4.74 Å². The number of fused-ring (bicyclic) bond motifs is 3. The van der Waals surface area contributed by atoms with E-state index < -0.39 is 28.6 Å². The number of carbonyl (C=O) groups excluding carboxylic acids is 1. The first kappa shape index (κ1) is 20.6. The predicted molar refractivity (Wildman–Crippen MR) is 107 cm³/mol. The van der Waals surface area contributed by atoms with Gasteiger partial charge < -0.3 is 25.2 Å². The van der Waals surface area contributed by atoms with Crippen LogP contribution in [0.1, 0.15) is 68.4 Å². The first-order valence-corrected chi connectivity index (χ1v) is 10.5. The van der Waals surface area contributed by atoms with Crippen molar-refractivity contribution in [1.29, 1.82) is 0 Å². The molecule has 160 valence electrons. The smallest absolute Gasteiger partial charge is 0.154 e. The van der Waals surface area contributed by atoms with Crippen LogP contribution in [0.15, 0.2) is 6.07 Å². The number of carbonyl (C=O) groups is 1. The molecule has 6 atom stereocenters. The molecule has 4 rings (SSSR count). The van der Waals surface area contributed by atoms with Crippen LogP contribution in [0.3, 0.4) is 0 Å². The minimum atomic E-state index is -0.868. The normalized spacial score (nSPS) is 40.2. The molecule has 4 N–H and O–H groups in total. The van der Waals surface area contributed by atoms with Crippen LogP contribution in [0, 0.1) is 22.7 Å². The van der Waals surface area contributed by atoms with Crippen LogP contribution in [-0.2, 0) is 13.0 Å². The molecule has 0 aromatic heterocycles. The monoisotopic (exact) mass is 404 g/mol. The number of phenols is 1. The largest absolute Gasteiger partial charge is 0.508 e. The minimum Gasteiger partial charge on any atom is -0.508 e. The summed E-state index contributed by atoms with van der Waals surface area (Å²) in [7, 11) is 0. The number of benzene rings is 1. The number of hydrogen-bond donors (Lipinski definition) is 4. The number of rotatable bonds is 2. The van der Waals surface area contributed by atoms with E-state index in [0.717, 1.165) is 12.8 Å². The van der Waals surface area contributed by atoms with Crippen molar-refractivity contribution in [3.05, 3.63) is 22.8 Å². The van der Waals surface area contributed by atoms with Gasteiger partial charge in [0, 0.05) is 17.4 Å². The third-order valence-electron chi connectivity index (χ3n) is 8.57. The molecule has 1 spiro atoms. The summed E-state index contributed by atoms with van der Waals surface area (Å²) in [4.78, 5) is 11.8. The molecule has 0 amide bonds. The summed E-state index contributed by atoms with van der Waals surface area (Å²) in [6.45, 7) is 7.90. The lowest BCUT2D eigenvalue weighted by atomic mass is 9.43. The van der Waals surface area contributed by atoms with Crippen LogP contribution in [0.5, 0.6) is 11.5 Å². The maximum absolute atomic E-state index is 11.8. The van der Waals surface area contributed by atoms with Gasteiger partial charge in [-0.15, -0.1) is 0 Å². The van der Waals surface area contributed by atoms with E-state index in [1.54, 1.807) is 0 Å². The molecule has 1 aliphatic heterocycles. The SMILES string of the molecule is C[C@@H]1CC[C@H]2C(C)(C)[C@H](O)[C@H](O)C[C@]2(C)[C@@]12Cc1c(O)cc(CO)c(C=O)c1O2. The first-order valence-electron chi connectivity index (χ1n) is 10.5. The molecule has 29 heavy (non-hydrogen) atoms. The molecule has 2 saturated carbocycles. The lowest BCUT2D eigenvalue weighted by Gasteiger charge is -2.64. The Balaban J connectivity index is 1.89. The Bertz CT molecular complexity index is 848. The van der Waals surface area contributed by atoms with Crippen molar-refractivity contribution in [3.63, 3.8) is 0 Å². The summed E-state index contributed by atoms with van der Waals surface area (Å²) in [6.07, 6.45) is 1.65. The number of aliphatic hydroxyl groups excluding tert-OH is 3. The Morgan fingerprint density at radius 3 is 2.55 bits per heavy atom. The Morgan fingerprint density at radius 2 is 1.93 bits per heavy atom. The third-order valence-corrected chi connectivity index (χ3v) is 8.57. The molecular weight excluding hydrogens is 372 g/mol. The Hall–Kier alpha value is -1.63. The molecule has 6 nitrogen and oxygen atoms in total. The fourth-order valence-electron chi connectivity index (χ4n) is 6.96. The van der Waals surface area contributed by atoms with Gasteiger partial charge in [0.25, 0.3) is 0 Å². The summed E-state index contributed by atoms with van der Waals surface area (Å²) >= 11 is 0. The van der Waals surface area contributed by atoms with Crippen molar-refractivity contribution in [2.24, 2.45) is 22.7 Å². The number of phenolic OH excluding ortho intramolecular Hbond substituents is 1. The van der Waals surface area contributed by atoms with Gasteiger partial charge in [-0.05, 0) is 48.1 Å². The minimum absolute atomic E-state index is 0.0279. The highest BCUT2D eigenvalue weighted by Gasteiger charge is 2.68. The highest BCUT2D eigenvalue weighted by Crippen LogP contribution is 2.66. The summed E-state index contributed by atoms with van der Waals surface area (Å²) < 4.78 is 6.65. The fourth-order valence-corrected chi connectivity index (χ4v) is 6.96. The average molecular weight is 405 g/mol. The van der Waals surface area contributed by atoms with Gasteiger partial charge in [-0.2, -0.15) is 0 Å². The van der Waals surface area contributed by atoms with Gasteiger partial charge in [-0.3, -0.25) is 4.79 Å². The van der Waals surface area contributed by atoms with E-state index in [9.17, 15) is 25.2 Å². The van der Waals surface area contributed by atoms with Crippen LogP contribution in [0.4, 0.5) is 0 Å². The quantitative estimate of drug-likeness (QED) is 0.565. The average Bonchev–Trinajstić information content (AvgIpc) is 3.07. The molecule has 1 heterocycles. The van der Waals surface area contributed by atoms with E-state index in [0.29, 0.717) is 36.0 Å². The molecule has 3 aliphatic rings. The summed E-state index contributed by atoms with van der Waals surface area (Å²) in [5, 5.41) is 41.8. The van der Waals surface area contributed by atoms with E-state index in [1.807, 2.05) is 13.8 Å². The predicted octanol–water partition coefficient (Wildman–Crippen LogP) is 2.57. The van der Waals surface area contributed by atoms with Gasteiger partial charge in [-0.25, -0.2) is 0 Å². The third kappa shape index (κ3) is 2.49. The Kier molecular flexibility index (Phi) is 4.58. The number of ether oxygens (including phenoxy) is 1. The van der Waals surface area contributed by atoms with Crippen molar-refractivity contribution in [2.45, 2.75) is 77.8 Å². The molecule has 0 unspecified atom stereocenters. The molecule has 1 aromatic carbocycles. The number of hydrogen-bond acceptors (Lipinski definition) is 6. The molecule has 6 heteroatoms. The van der Waals surface area contributed by atoms with Gasteiger partial charge in [-0.1, -0.05) is 27.7 Å². The highest BCUT2D eigenvalue weighted by atomic mass is 16.5. The molecule has 1 aromatic rings. The van der Waals surface area contributed by atoms with Crippen molar-refractivity contribution >= 4 is 6.29 Å². The van der Waals surface area contributed by atoms with E-state index in [-0.39, 0.29) is 29.8 Å². The number of aromatic hydroxyl groups is 1. The van der Waals surface area contributed by atoms with Gasteiger partial charge in [0.2, 0.25) is 0 Å². The summed E-state index contributed by atoms with van der Waals surface area (Å²) in [6, 6.07) is 1.45. The highest BCUT2D eigenvalue weighted by molar-refractivity contribution is 5.84. The van der Waals surface area contributed by atoms with Gasteiger partial charge in [0.1, 0.15) is 17.1 Å². The molecule has 2 aliphatic carbocycles. The summed E-state index contributed by atoms with van der Waals surface area (Å²) in [5.74, 6) is 0.625. The van der Waals surface area contributed by atoms with Crippen LogP contribution in [0.25, 0.3) is 0 Å². The van der Waals surface area contributed by atoms with Crippen LogP contribution in [0.2, 0.25) is 0 Å². The van der Waals surface area contributed by atoms with Gasteiger partial charge in [0.15, 0.2) is 6.29 Å². The number of aldehydes is 1. The fraction of sp³-hybridized carbons (Fsp3) is 0.696. The van der Waals surface area contributed by atoms with E-state index >= 15 is 0 Å². The van der Waals surface area contributed by atoms with E-state index in [4.69, 9.17) is 4.74 Å². The lowest BCUT2D eigenvalue weighted by Crippen LogP contribution is -2.69. The molecule has 0 saturated heterocycles. The van der Waals surface area contributed by atoms with Crippen LogP contribution in [-0.4, -0.2) is 44.5 Å². The van der Waals surface area contributed by atoms with Crippen molar-refractivity contribution < 1.29 is 30.0 Å². The molecule has 0 bridgehead atoms. The number of aliphatic hydroxyl groups is 3. The maximum Gasteiger partial charge on any atom is 0.154 e. The van der Waals surface area contributed by atoms with E-state index in [2.05, 4.69) is 13.8 Å². The second-order valence-corrected chi connectivity index (χ2v) is 10.2. The standard InChI is InChI=1S/C23H32O6/c1-12-5-6-18-21(2,3)20(28)17(27)9-22(18,4)23(12)8-14-16(26)7-13(10-24)15(11-25)19(14)29-23/h7,11-12,17-18,20,24,26-28H,5-6,8-10H2,1-4H3/t12-,17-,18+,20-,22+,23-/m1/s1. The first-order chi connectivity index (χ1) is 13.5. The van der Waals surface area contributed by atoms with Gasteiger partial charge >= 0.3 is 0 Å². The summed E-state index contributed by atoms with van der Waals surface area (Å²) in [5.41, 5.74) is -0.443. The van der Waals surface area contributed by atoms with E-state index in [1.165, 1.54) is 6.07 Å². The van der Waals surface area contributed by atoms with Crippen LogP contribution >= 0.6 is 0 Å². The maximum atomic E-state index is 11.8. The van der Waals surface area contributed by atoms with Crippen molar-refractivity contribution in [1.82, 2.24) is 0 Å². The Morgan fingerprint density at radius 1 is 1.24 bits per heavy atom. The zero-order chi connectivity index (χ0) is 21.4. The van der Waals surface area contributed by atoms with Crippen molar-refractivity contribution in [2.75, 3.05) is 0 Å².